The zero-order valence-corrected chi connectivity index (χ0v) is 12.7. The normalized spacial score (nSPS) is 17.1. The number of nitrogens with two attached hydrogens (primary N) is 1. The molecule has 0 spiro atoms. The molecule has 1 aromatic heterocycles. The number of ether oxygens (including phenoxy) is 1. The molecule has 20 heavy (non-hydrogen) atoms. The highest BCUT2D eigenvalue weighted by atomic mass is 79.9. The van der Waals surface area contributed by atoms with Gasteiger partial charge in [0.25, 0.3) is 5.92 Å². The molecule has 0 aromatic carbocycles. The molecule has 1 aliphatic rings. The Labute approximate surface area is 125 Å². The zero-order valence-electron chi connectivity index (χ0n) is 11.1. The van der Waals surface area contributed by atoms with Gasteiger partial charge in [0.2, 0.25) is 5.88 Å². The van der Waals surface area contributed by atoms with Gasteiger partial charge in [-0.25, -0.2) is 13.8 Å². The predicted molar refractivity (Wildman–Crippen MR) is 77.1 cm³/mol. The largest absolute Gasteiger partial charge is 0.470 e. The number of piperidine rings is 1. The van der Waals surface area contributed by atoms with Crippen LogP contribution in [0.5, 0.6) is 5.88 Å². The number of hydrogen-bond acceptors (Lipinski definition) is 4. The van der Waals surface area contributed by atoms with E-state index >= 15 is 0 Å². The van der Waals surface area contributed by atoms with Crippen LogP contribution in [0.4, 0.5) is 14.5 Å². The third-order valence-electron chi connectivity index (χ3n) is 3.17. The SMILES string of the molecule is Nc1cc(Br)cnc1OCC(F)(F)CN1CCCCC1. The highest BCUT2D eigenvalue weighted by Gasteiger charge is 2.33. The van der Waals surface area contributed by atoms with E-state index < -0.39 is 12.5 Å². The number of nitrogens with zero attached hydrogens (tertiary/aromatic N) is 2. The Kier molecular flexibility index (Phi) is 5.15. The second kappa shape index (κ2) is 6.67. The van der Waals surface area contributed by atoms with E-state index in [1.54, 1.807) is 11.0 Å². The highest BCUT2D eigenvalue weighted by molar-refractivity contribution is 9.10. The summed E-state index contributed by atoms with van der Waals surface area (Å²) in [6.45, 7) is 0.480. The van der Waals surface area contributed by atoms with Crippen molar-refractivity contribution < 1.29 is 13.5 Å². The lowest BCUT2D eigenvalue weighted by atomic mass is 10.1. The topological polar surface area (TPSA) is 51.4 Å². The van der Waals surface area contributed by atoms with Gasteiger partial charge in [-0.05, 0) is 47.9 Å². The van der Waals surface area contributed by atoms with Crippen molar-refractivity contribution in [1.82, 2.24) is 9.88 Å². The maximum absolute atomic E-state index is 13.9. The minimum atomic E-state index is -2.90. The highest BCUT2D eigenvalue weighted by Crippen LogP contribution is 2.25. The number of likely N-dealkylation sites (tertiary alicyclic amines) is 1. The average Bonchev–Trinajstić information content (AvgIpc) is 2.38. The summed E-state index contributed by atoms with van der Waals surface area (Å²) in [5.74, 6) is -2.86. The van der Waals surface area contributed by atoms with Crippen LogP contribution < -0.4 is 10.5 Å². The first-order chi connectivity index (χ1) is 9.46. The van der Waals surface area contributed by atoms with E-state index in [1.165, 1.54) is 6.20 Å². The molecule has 1 fully saturated rings. The summed E-state index contributed by atoms with van der Waals surface area (Å²) >= 11 is 3.20. The Morgan fingerprint density at radius 1 is 1.35 bits per heavy atom. The van der Waals surface area contributed by atoms with Gasteiger partial charge in [-0.15, -0.1) is 0 Å². The Morgan fingerprint density at radius 3 is 2.70 bits per heavy atom. The fraction of sp³-hybridized carbons (Fsp3) is 0.615. The van der Waals surface area contributed by atoms with Crippen LogP contribution in [-0.4, -0.2) is 42.0 Å². The molecule has 0 unspecified atom stereocenters. The van der Waals surface area contributed by atoms with E-state index in [4.69, 9.17) is 10.5 Å². The number of rotatable bonds is 5. The quantitative estimate of drug-likeness (QED) is 0.887. The number of halogens is 3. The Balaban J connectivity index is 1.87. The number of anilines is 1. The van der Waals surface area contributed by atoms with Crippen LogP contribution in [0.1, 0.15) is 19.3 Å². The Bertz CT molecular complexity index is 453. The van der Waals surface area contributed by atoms with Crippen molar-refractivity contribution in [3.05, 3.63) is 16.7 Å². The van der Waals surface area contributed by atoms with Gasteiger partial charge in [-0.1, -0.05) is 6.42 Å². The van der Waals surface area contributed by atoms with Crippen LogP contribution >= 0.6 is 15.9 Å². The monoisotopic (exact) mass is 349 g/mol. The molecular formula is C13H18BrF2N3O. The molecule has 1 aliphatic heterocycles. The molecule has 1 aromatic rings. The van der Waals surface area contributed by atoms with Crippen molar-refractivity contribution >= 4 is 21.6 Å². The van der Waals surface area contributed by atoms with Gasteiger partial charge in [0.15, 0.2) is 6.61 Å². The van der Waals surface area contributed by atoms with Gasteiger partial charge in [0.1, 0.15) is 0 Å². The van der Waals surface area contributed by atoms with Crippen LogP contribution in [0.2, 0.25) is 0 Å². The molecule has 2 N–H and O–H groups in total. The van der Waals surface area contributed by atoms with E-state index in [-0.39, 0.29) is 18.1 Å². The lowest BCUT2D eigenvalue weighted by Gasteiger charge is -2.30. The molecule has 112 valence electrons. The maximum atomic E-state index is 13.9. The first-order valence-electron chi connectivity index (χ1n) is 6.60. The predicted octanol–water partition coefficient (Wildman–Crippen LogP) is 2.93. The van der Waals surface area contributed by atoms with Crippen molar-refractivity contribution in [3.63, 3.8) is 0 Å². The molecule has 2 rings (SSSR count). The van der Waals surface area contributed by atoms with Gasteiger partial charge < -0.3 is 10.5 Å². The second-order valence-electron chi connectivity index (χ2n) is 5.03. The minimum Gasteiger partial charge on any atom is -0.470 e. The van der Waals surface area contributed by atoms with Gasteiger partial charge in [-0.3, -0.25) is 4.90 Å². The zero-order chi connectivity index (χ0) is 14.6. The summed E-state index contributed by atoms with van der Waals surface area (Å²) in [7, 11) is 0. The third kappa shape index (κ3) is 4.56. The van der Waals surface area contributed by atoms with Gasteiger partial charge in [-0.2, -0.15) is 0 Å². The molecular weight excluding hydrogens is 332 g/mol. The molecule has 7 heteroatoms. The molecule has 0 radical (unpaired) electrons. The first-order valence-corrected chi connectivity index (χ1v) is 7.40. The molecule has 1 saturated heterocycles. The van der Waals surface area contributed by atoms with Crippen molar-refractivity contribution in [3.8, 4) is 5.88 Å². The molecule has 4 nitrogen and oxygen atoms in total. The van der Waals surface area contributed by atoms with Crippen molar-refractivity contribution in [2.75, 3.05) is 32.0 Å². The molecule has 0 aliphatic carbocycles. The number of alkyl halides is 2. The summed E-state index contributed by atoms with van der Waals surface area (Å²) < 4.78 is 33.5. The number of aromatic nitrogens is 1. The van der Waals surface area contributed by atoms with Gasteiger partial charge in [0.05, 0.1) is 12.2 Å². The number of hydrogen-bond donors (Lipinski definition) is 1. The van der Waals surface area contributed by atoms with Crippen molar-refractivity contribution in [2.24, 2.45) is 0 Å². The van der Waals surface area contributed by atoms with E-state index in [1.807, 2.05) is 0 Å². The summed E-state index contributed by atoms with van der Waals surface area (Å²) in [6, 6.07) is 1.57. The van der Waals surface area contributed by atoms with Crippen LogP contribution in [-0.2, 0) is 0 Å². The van der Waals surface area contributed by atoms with E-state index in [9.17, 15) is 8.78 Å². The van der Waals surface area contributed by atoms with E-state index in [2.05, 4.69) is 20.9 Å². The fourth-order valence-corrected chi connectivity index (χ4v) is 2.58. The molecule has 0 atom stereocenters. The van der Waals surface area contributed by atoms with Gasteiger partial charge in [0, 0.05) is 10.7 Å². The smallest absolute Gasteiger partial charge is 0.293 e. The third-order valence-corrected chi connectivity index (χ3v) is 3.60. The minimum absolute atomic E-state index is 0.0477. The van der Waals surface area contributed by atoms with Crippen LogP contribution in [0, 0.1) is 0 Å². The molecule has 0 saturated carbocycles. The number of pyridine rings is 1. The standard InChI is InChI=1S/C13H18BrF2N3O/c14-10-6-11(17)12(18-7-10)20-9-13(15,16)8-19-4-2-1-3-5-19/h6-7H,1-5,8-9,17H2. The number of nitrogen functional groups attached to an aromatic ring is 1. The summed E-state index contributed by atoms with van der Waals surface area (Å²) in [5.41, 5.74) is 5.91. The molecule has 0 bridgehead atoms. The lowest BCUT2D eigenvalue weighted by molar-refractivity contribution is -0.0685. The van der Waals surface area contributed by atoms with E-state index in [0.29, 0.717) is 4.47 Å². The van der Waals surface area contributed by atoms with Crippen molar-refractivity contribution in [2.45, 2.75) is 25.2 Å². The molecule has 0 amide bonds. The first kappa shape index (κ1) is 15.4. The summed E-state index contributed by atoms with van der Waals surface area (Å²) in [4.78, 5) is 5.67. The summed E-state index contributed by atoms with van der Waals surface area (Å²) in [5, 5.41) is 0. The van der Waals surface area contributed by atoms with Crippen LogP contribution in [0.15, 0.2) is 16.7 Å². The average molecular weight is 350 g/mol. The van der Waals surface area contributed by atoms with Crippen LogP contribution in [0.3, 0.4) is 0 Å². The van der Waals surface area contributed by atoms with E-state index in [0.717, 1.165) is 32.4 Å². The Morgan fingerprint density at radius 2 is 2.05 bits per heavy atom. The Hall–Kier alpha value is -0.950. The van der Waals surface area contributed by atoms with Crippen LogP contribution in [0.25, 0.3) is 0 Å². The fourth-order valence-electron chi connectivity index (χ4n) is 2.23. The lowest BCUT2D eigenvalue weighted by Crippen LogP contribution is -2.43. The maximum Gasteiger partial charge on any atom is 0.293 e. The second-order valence-corrected chi connectivity index (χ2v) is 5.95. The van der Waals surface area contributed by atoms with Crippen molar-refractivity contribution in [1.29, 1.82) is 0 Å². The van der Waals surface area contributed by atoms with Gasteiger partial charge >= 0.3 is 0 Å². The summed E-state index contributed by atoms with van der Waals surface area (Å²) in [6.07, 6.45) is 4.56. The molecule has 2 heterocycles.